The van der Waals surface area contributed by atoms with Crippen LogP contribution in [0.25, 0.3) is 0 Å². The maximum absolute atomic E-state index is 16.3. The molecule has 12 fully saturated rings. The highest BCUT2D eigenvalue weighted by Gasteiger charge is 2.74. The van der Waals surface area contributed by atoms with E-state index < -0.39 is 336 Å². The van der Waals surface area contributed by atoms with E-state index in [0.29, 0.717) is 44.9 Å². The number of aliphatic hydroxyl groups is 20. The van der Waals surface area contributed by atoms with Crippen LogP contribution in [0.4, 0.5) is 0 Å². The predicted molar refractivity (Wildman–Crippen MR) is 386 cm³/mol. The Morgan fingerprint density at radius 3 is 1.53 bits per heavy atom. The average Bonchev–Trinajstić information content (AvgIpc) is 0.762. The zero-order valence-electron chi connectivity index (χ0n) is 67.3. The summed E-state index contributed by atoms with van der Waals surface area (Å²) in [4.78, 5) is 42.2. The highest BCUT2D eigenvalue weighted by Crippen LogP contribution is 2.77. The number of carbonyl (C=O) groups is 3. The van der Waals surface area contributed by atoms with Crippen LogP contribution < -0.4 is 5.32 Å². The number of amides is 1. The fourth-order valence-electron chi connectivity index (χ4n) is 22.2. The Balaban J connectivity index is 0.770. The van der Waals surface area contributed by atoms with Gasteiger partial charge in [-0.05, 0) is 90.3 Å². The first kappa shape index (κ1) is 92.4. The zero-order chi connectivity index (χ0) is 85.9. The summed E-state index contributed by atoms with van der Waals surface area (Å²) < 4.78 is 103. The monoisotopic (exact) mass is 1700 g/mol. The number of ether oxygens (including phenoxy) is 17. The summed E-state index contributed by atoms with van der Waals surface area (Å²) in [6.07, 6.45) is -56.2. The molecule has 0 aromatic carbocycles. The molecule has 5 aliphatic carbocycles. The molecular weight excluding hydrogens is 1580 g/mol. The normalized spacial score (nSPS) is 52.0. The van der Waals surface area contributed by atoms with Crippen molar-refractivity contribution in [3.8, 4) is 0 Å². The van der Waals surface area contributed by atoms with E-state index in [1.54, 1.807) is 0 Å². The van der Waals surface area contributed by atoms with Gasteiger partial charge in [0.2, 0.25) is 12.2 Å². The molecule has 8 saturated heterocycles. The predicted octanol–water partition coefficient (Wildman–Crippen LogP) is -7.86. The Bertz CT molecular complexity index is 3460. The van der Waals surface area contributed by atoms with Gasteiger partial charge in [0, 0.05) is 19.8 Å². The Labute approximate surface area is 680 Å². The summed E-state index contributed by atoms with van der Waals surface area (Å²) in [6, 6.07) is -1.47. The lowest BCUT2D eigenvalue weighted by atomic mass is 9.32. The molecule has 0 aromatic heterocycles. The van der Waals surface area contributed by atoms with E-state index in [0.717, 1.165) is 12.5 Å². The maximum Gasteiger partial charge on any atom is 0.317 e. The van der Waals surface area contributed by atoms with Gasteiger partial charge in [-0.25, -0.2) is 0 Å². The van der Waals surface area contributed by atoms with Gasteiger partial charge >= 0.3 is 11.9 Å². The van der Waals surface area contributed by atoms with Crippen LogP contribution in [0.5, 0.6) is 0 Å². The van der Waals surface area contributed by atoms with Gasteiger partial charge in [0.15, 0.2) is 50.1 Å². The van der Waals surface area contributed by atoms with Gasteiger partial charge in [-0.15, -0.1) is 0 Å². The highest BCUT2D eigenvalue weighted by atomic mass is 16.8. The number of carbonyl (C=O) groups excluding carboxylic acids is 3. The molecule has 1 amide bonds. The molecule has 13 rings (SSSR count). The van der Waals surface area contributed by atoms with Gasteiger partial charge in [-0.3, -0.25) is 14.4 Å². The van der Waals surface area contributed by atoms with Crippen LogP contribution in [-0.2, 0) is 94.9 Å². The van der Waals surface area contributed by atoms with Crippen molar-refractivity contribution in [3.63, 3.8) is 0 Å². The summed E-state index contributed by atoms with van der Waals surface area (Å²) in [6.45, 7) is 11.9. The van der Waals surface area contributed by atoms with Crippen LogP contribution in [0, 0.1) is 50.2 Å². The minimum absolute atomic E-state index is 0.0321. The molecule has 41 nitrogen and oxygen atoms in total. The molecule has 0 unspecified atom stereocenters. The molecule has 0 radical (unpaired) electrons. The first-order chi connectivity index (χ1) is 55.5. The minimum atomic E-state index is -2.13. The number of hydrogen-bond donors (Lipinski definition) is 21. The Morgan fingerprint density at radius 2 is 0.941 bits per heavy atom. The van der Waals surface area contributed by atoms with Crippen LogP contribution >= 0.6 is 0 Å². The number of allylic oxidation sites excluding steroid dienone is 2. The number of aliphatic hydroxyl groups excluding tert-OH is 20. The third kappa shape index (κ3) is 16.8. The Morgan fingerprint density at radius 1 is 0.458 bits per heavy atom. The lowest BCUT2D eigenvalue weighted by Crippen LogP contribution is -2.70. The lowest BCUT2D eigenvalue weighted by Gasteiger charge is -2.72. The molecular formula is C77H123NO40. The molecule has 13 aliphatic rings. The second kappa shape index (κ2) is 35.9. The number of esters is 2. The summed E-state index contributed by atoms with van der Waals surface area (Å²) in [5.74, 6) is -3.48. The van der Waals surface area contributed by atoms with Crippen molar-refractivity contribution in [3.05, 3.63) is 11.6 Å². The molecule has 4 saturated carbocycles. The van der Waals surface area contributed by atoms with Crippen LogP contribution in [0.3, 0.4) is 0 Å². The molecule has 118 heavy (non-hydrogen) atoms. The van der Waals surface area contributed by atoms with E-state index in [2.05, 4.69) is 46.0 Å². The first-order valence-electron chi connectivity index (χ1n) is 40.9. The van der Waals surface area contributed by atoms with Crippen LogP contribution in [0.2, 0.25) is 0 Å². The van der Waals surface area contributed by atoms with Gasteiger partial charge in [0.1, 0.15) is 171 Å². The maximum atomic E-state index is 16.3. The largest absolute Gasteiger partial charge is 0.463 e. The molecule has 8 aliphatic heterocycles. The molecule has 44 atom stereocenters. The lowest BCUT2D eigenvalue weighted by molar-refractivity contribution is -0.377. The van der Waals surface area contributed by atoms with Crippen LogP contribution in [0.1, 0.15) is 120 Å². The second-order valence-corrected chi connectivity index (χ2v) is 36.6. The van der Waals surface area contributed by atoms with Crippen LogP contribution in [0.15, 0.2) is 11.6 Å². The van der Waals surface area contributed by atoms with Crippen molar-refractivity contribution in [2.24, 2.45) is 50.2 Å². The number of rotatable bonds is 22. The van der Waals surface area contributed by atoms with E-state index in [9.17, 15) is 112 Å². The van der Waals surface area contributed by atoms with Crippen molar-refractivity contribution < 1.29 is 197 Å². The van der Waals surface area contributed by atoms with E-state index in [-0.39, 0.29) is 24.7 Å². The van der Waals surface area contributed by atoms with Crippen molar-refractivity contribution in [1.82, 2.24) is 5.32 Å². The van der Waals surface area contributed by atoms with E-state index >= 15 is 4.79 Å². The standard InChI is InChI=1S/C77H123NO40/c1-28(81)78-43-48(92)59(116-69-53(97)49(93)46(90)35(20-79)108-69)38(27-107-64-55(99)57(33(85)24-103-64)113-65-50(94)44(88)31(83)22-104-65)110-63(43)112-42-14-17-74(7)39(73(42,5)6)13-18-75(8)40(74)12-11-30-62-72(3,4)15-10-16-77(62,41(87)19-76(30,75)9)71(101)118-70-61(117-67-56(100)58(34(86)25-106-67)114-68-52(96)47(91)36(21-80)109-68)54(98)60(37(111-70)26-102-29(2)82)115-66-51(95)45(89)32(84)23-105-66/h11,31-70,79-80,83-100H,10,12-27H2,1-9H3,(H,78,81)/t31-,32-,33-,34-,35-,36-,37-,38+,39+,40-,41-,42+,43+,44+,45-,46+,47+,48+,49-,50-,51-,52+,53-,54+,55-,56+,57-,58+,59+,60-,61-,62-,63-,64+,65-,66-,67+,68-,69+,70+,74+,75+,76+,77-/m1/s1. The van der Waals surface area contributed by atoms with Crippen molar-refractivity contribution in [1.29, 1.82) is 0 Å². The second-order valence-electron chi connectivity index (χ2n) is 36.6. The van der Waals surface area contributed by atoms with Gasteiger partial charge < -0.3 is 188 Å². The topological polar surface area (TPSA) is 625 Å². The summed E-state index contributed by atoms with van der Waals surface area (Å²) in [5.41, 5.74) is -4.32. The van der Waals surface area contributed by atoms with E-state index in [1.807, 2.05) is 13.8 Å². The highest BCUT2D eigenvalue weighted by molar-refractivity contribution is 5.80. The third-order valence-electron chi connectivity index (χ3n) is 28.7. The smallest absolute Gasteiger partial charge is 0.317 e. The number of fused-ring (bicyclic) bond motifs is 7. The summed E-state index contributed by atoms with van der Waals surface area (Å²) in [5, 5.41) is 225. The molecule has 0 bridgehead atoms. The zero-order valence-corrected chi connectivity index (χ0v) is 67.3. The number of nitrogens with one attached hydrogen (secondary N) is 1. The SMILES string of the molecule is CC(=O)N[C@@H]1[C@@H](O[C@H]2CC[C@]3(C)[C@H]4CC=C5[C@@H]6C(C)(C)CCC[C@@]6(C(=O)O[C@@H]6O[C@H](COC(C)=O)[C@@H](O[C@H]7OC[C@@H](O)[C@@H](O)[C@H]7O)[C@H](O)[C@H]6O[C@@H]6OC[C@@H](O)[C@H](O[C@H]7O[C@H](CO)[C@H](O)[C@@H]7O)[C@@H]6O)[C@H](O)C[C@]5(C)[C@@]4(C)CC[C@H]3C2(C)C)O[C@@H](CO[C@@H]2OC[C@@H](O)[C@@H](O[C@H]3OC[C@@H](O)[C@H](O)[C@H]3O)[C@H]2O)[C@H](O[C@@H]2O[C@H](CO)[C@H](O)[C@@H](O)[C@H]2O)[C@H]1O. The van der Waals surface area contributed by atoms with Gasteiger partial charge in [0.05, 0.1) is 58.5 Å². The Hall–Kier alpha value is -3.25. The molecule has 21 N–H and O–H groups in total. The van der Waals surface area contributed by atoms with Crippen LogP contribution in [-0.4, -0.2) is 400 Å². The molecule has 8 heterocycles. The van der Waals surface area contributed by atoms with E-state index in [4.69, 9.17) is 80.5 Å². The minimum Gasteiger partial charge on any atom is -0.463 e. The Kier molecular flexibility index (Phi) is 28.1. The van der Waals surface area contributed by atoms with Crippen molar-refractivity contribution >= 4 is 17.8 Å². The molecule has 41 heteroatoms. The molecule has 676 valence electrons. The molecule has 0 spiro atoms. The van der Waals surface area contributed by atoms with Gasteiger partial charge in [-0.2, -0.15) is 0 Å². The third-order valence-corrected chi connectivity index (χ3v) is 28.7. The first-order valence-corrected chi connectivity index (χ1v) is 40.9. The van der Waals surface area contributed by atoms with Gasteiger partial charge in [0.25, 0.3) is 0 Å². The van der Waals surface area contributed by atoms with E-state index in [1.165, 1.54) is 6.92 Å². The fraction of sp³-hybridized carbons (Fsp3) is 0.935. The fourth-order valence-corrected chi connectivity index (χ4v) is 22.2. The summed E-state index contributed by atoms with van der Waals surface area (Å²) >= 11 is 0. The van der Waals surface area contributed by atoms with Gasteiger partial charge in [-0.1, -0.05) is 66.5 Å². The molecule has 0 aromatic rings. The van der Waals surface area contributed by atoms with Crippen molar-refractivity contribution in [2.45, 2.75) is 347 Å². The quantitative estimate of drug-likeness (QED) is 0.0272. The average molecular weight is 1700 g/mol. The number of hydrogen-bond acceptors (Lipinski definition) is 40. The van der Waals surface area contributed by atoms with Crippen molar-refractivity contribution in [2.75, 3.05) is 52.9 Å². The summed E-state index contributed by atoms with van der Waals surface area (Å²) in [7, 11) is 0.